The van der Waals surface area contributed by atoms with E-state index >= 15 is 0 Å². The molecule has 2 amide bonds. The molecular formula is C25H23ClN2O5. The van der Waals surface area contributed by atoms with E-state index in [2.05, 4.69) is 5.32 Å². The molecule has 3 aromatic rings. The molecule has 0 spiro atoms. The topological polar surface area (TPSA) is 77.1 Å². The summed E-state index contributed by atoms with van der Waals surface area (Å²) in [7, 11) is 2.98. The molecule has 1 N–H and O–H groups in total. The molecule has 0 aromatic heterocycles. The number of methoxy groups -OCH3 is 2. The van der Waals surface area contributed by atoms with E-state index in [1.54, 1.807) is 60.4 Å². The van der Waals surface area contributed by atoms with Crippen molar-refractivity contribution in [3.8, 4) is 17.2 Å². The summed E-state index contributed by atoms with van der Waals surface area (Å²) in [5.74, 6) is 0.768. The maximum Gasteiger partial charge on any atom is 0.268 e. The summed E-state index contributed by atoms with van der Waals surface area (Å²) in [6.45, 7) is 2.05. The smallest absolute Gasteiger partial charge is 0.268 e. The van der Waals surface area contributed by atoms with Crippen molar-refractivity contribution in [3.05, 3.63) is 76.8 Å². The van der Waals surface area contributed by atoms with Gasteiger partial charge in [0.15, 0.2) is 6.10 Å². The van der Waals surface area contributed by atoms with Crippen LogP contribution in [0.4, 0.5) is 11.4 Å². The SMILES string of the molecule is COc1cccc(OC)c1C(=O)Nc1ccc2c(c1)N(Cc1ccc(Cl)cc1)C(=O)C(C)O2. The summed E-state index contributed by atoms with van der Waals surface area (Å²) < 4.78 is 16.4. The van der Waals surface area contributed by atoms with Crippen molar-refractivity contribution in [2.75, 3.05) is 24.4 Å². The molecule has 8 heteroatoms. The molecule has 0 aliphatic carbocycles. The zero-order chi connectivity index (χ0) is 23.5. The Bertz CT molecular complexity index is 1170. The van der Waals surface area contributed by atoms with Crippen molar-refractivity contribution in [1.82, 2.24) is 0 Å². The average Bonchev–Trinajstić information content (AvgIpc) is 2.82. The molecule has 170 valence electrons. The van der Waals surface area contributed by atoms with E-state index in [1.165, 1.54) is 14.2 Å². The normalized spacial score (nSPS) is 14.8. The molecular weight excluding hydrogens is 444 g/mol. The molecule has 1 aliphatic rings. The Morgan fingerprint density at radius 3 is 2.36 bits per heavy atom. The third-order valence-corrected chi connectivity index (χ3v) is 5.59. The Balaban J connectivity index is 1.66. The number of anilines is 2. The lowest BCUT2D eigenvalue weighted by molar-refractivity contribution is -0.125. The van der Waals surface area contributed by atoms with Crippen molar-refractivity contribution in [3.63, 3.8) is 0 Å². The van der Waals surface area contributed by atoms with Crippen molar-refractivity contribution in [2.24, 2.45) is 0 Å². The number of fused-ring (bicyclic) bond motifs is 1. The van der Waals surface area contributed by atoms with E-state index < -0.39 is 12.0 Å². The van der Waals surface area contributed by atoms with Gasteiger partial charge in [-0.3, -0.25) is 9.59 Å². The van der Waals surface area contributed by atoms with Crippen LogP contribution in [0.15, 0.2) is 60.7 Å². The van der Waals surface area contributed by atoms with Crippen LogP contribution in [0.1, 0.15) is 22.8 Å². The molecule has 1 aliphatic heterocycles. The third-order valence-electron chi connectivity index (χ3n) is 5.33. The second-order valence-corrected chi connectivity index (χ2v) is 7.92. The van der Waals surface area contributed by atoms with E-state index in [-0.39, 0.29) is 11.5 Å². The predicted octanol–water partition coefficient (Wildman–Crippen LogP) is 4.92. The lowest BCUT2D eigenvalue weighted by Gasteiger charge is -2.33. The molecule has 0 saturated heterocycles. The van der Waals surface area contributed by atoms with Crippen LogP contribution in [0, 0.1) is 0 Å². The summed E-state index contributed by atoms with van der Waals surface area (Å²) in [6.07, 6.45) is -0.622. The Kier molecular flexibility index (Phi) is 6.42. The zero-order valence-corrected chi connectivity index (χ0v) is 19.2. The van der Waals surface area contributed by atoms with Crippen molar-refractivity contribution < 1.29 is 23.8 Å². The molecule has 1 atom stereocenters. The highest BCUT2D eigenvalue weighted by Crippen LogP contribution is 2.38. The monoisotopic (exact) mass is 466 g/mol. The molecule has 0 saturated carbocycles. The number of hydrogen-bond acceptors (Lipinski definition) is 5. The van der Waals surface area contributed by atoms with Crippen molar-refractivity contribution >= 4 is 34.8 Å². The van der Waals surface area contributed by atoms with Gasteiger partial charge in [-0.25, -0.2) is 0 Å². The van der Waals surface area contributed by atoms with Gasteiger partial charge in [-0.1, -0.05) is 29.8 Å². The number of hydrogen-bond donors (Lipinski definition) is 1. The second-order valence-electron chi connectivity index (χ2n) is 7.49. The maximum absolute atomic E-state index is 13.1. The standard InChI is InChI=1S/C25H23ClN2O5/c1-15-25(30)28(14-16-7-9-17(26)10-8-16)19-13-18(11-12-20(19)33-15)27-24(29)23-21(31-2)5-4-6-22(23)32-3/h4-13,15H,14H2,1-3H3,(H,27,29). The molecule has 33 heavy (non-hydrogen) atoms. The zero-order valence-electron chi connectivity index (χ0n) is 18.4. The third kappa shape index (κ3) is 4.59. The molecule has 7 nitrogen and oxygen atoms in total. The quantitative estimate of drug-likeness (QED) is 0.557. The summed E-state index contributed by atoms with van der Waals surface area (Å²) in [5, 5.41) is 3.49. The number of ether oxygens (including phenoxy) is 3. The molecule has 1 unspecified atom stereocenters. The second kappa shape index (κ2) is 9.42. The van der Waals surface area contributed by atoms with E-state index in [9.17, 15) is 9.59 Å². The molecule has 1 heterocycles. The largest absolute Gasteiger partial charge is 0.496 e. The highest BCUT2D eigenvalue weighted by molar-refractivity contribution is 6.30. The van der Waals surface area contributed by atoms with Gasteiger partial charge < -0.3 is 24.4 Å². The van der Waals surface area contributed by atoms with Gasteiger partial charge in [0.25, 0.3) is 11.8 Å². The molecule has 4 rings (SSSR count). The fourth-order valence-electron chi connectivity index (χ4n) is 3.69. The molecule has 3 aromatic carbocycles. The van der Waals surface area contributed by atoms with Crippen LogP contribution in [0.25, 0.3) is 0 Å². The number of nitrogens with zero attached hydrogens (tertiary/aromatic N) is 1. The highest BCUT2D eigenvalue weighted by atomic mass is 35.5. The number of amides is 2. The fraction of sp³-hybridized carbons (Fsp3) is 0.200. The van der Waals surface area contributed by atoms with Gasteiger partial charge in [-0.2, -0.15) is 0 Å². The first-order chi connectivity index (χ1) is 15.9. The first kappa shape index (κ1) is 22.5. The maximum atomic E-state index is 13.1. The Morgan fingerprint density at radius 1 is 1.06 bits per heavy atom. The Labute approximate surface area is 196 Å². The first-order valence-corrected chi connectivity index (χ1v) is 10.7. The van der Waals surface area contributed by atoms with Crippen molar-refractivity contribution in [2.45, 2.75) is 19.6 Å². The molecule has 0 bridgehead atoms. The van der Waals surface area contributed by atoms with Crippen LogP contribution in [0.5, 0.6) is 17.2 Å². The number of benzene rings is 3. The summed E-state index contributed by atoms with van der Waals surface area (Å²) in [5.41, 5.74) is 2.26. The van der Waals surface area contributed by atoms with E-state index in [4.69, 9.17) is 25.8 Å². The minimum Gasteiger partial charge on any atom is -0.496 e. The van der Waals surface area contributed by atoms with Gasteiger partial charge in [0.05, 0.1) is 26.5 Å². The lowest BCUT2D eigenvalue weighted by Crippen LogP contribution is -2.44. The number of nitrogens with one attached hydrogen (secondary N) is 1. The Hall–Kier alpha value is -3.71. The predicted molar refractivity (Wildman–Crippen MR) is 127 cm³/mol. The van der Waals surface area contributed by atoms with Gasteiger partial charge in [0, 0.05) is 10.7 Å². The first-order valence-electron chi connectivity index (χ1n) is 10.3. The van der Waals surface area contributed by atoms with Crippen LogP contribution in [-0.4, -0.2) is 32.1 Å². The number of carbonyl (C=O) groups is 2. The Morgan fingerprint density at radius 2 is 1.73 bits per heavy atom. The van der Waals surface area contributed by atoms with Gasteiger partial charge in [-0.15, -0.1) is 0 Å². The van der Waals surface area contributed by atoms with Crippen LogP contribution < -0.4 is 24.4 Å². The summed E-state index contributed by atoms with van der Waals surface area (Å²) in [4.78, 5) is 27.6. The minimum absolute atomic E-state index is 0.174. The fourth-order valence-corrected chi connectivity index (χ4v) is 3.81. The van der Waals surface area contributed by atoms with Gasteiger partial charge in [-0.05, 0) is 55.0 Å². The minimum atomic E-state index is -0.622. The lowest BCUT2D eigenvalue weighted by atomic mass is 10.1. The van der Waals surface area contributed by atoms with E-state index in [0.29, 0.717) is 40.2 Å². The van der Waals surface area contributed by atoms with Crippen LogP contribution in [0.2, 0.25) is 5.02 Å². The van der Waals surface area contributed by atoms with Gasteiger partial charge >= 0.3 is 0 Å². The number of rotatable bonds is 6. The van der Waals surface area contributed by atoms with Gasteiger partial charge in [0.1, 0.15) is 22.8 Å². The van der Waals surface area contributed by atoms with E-state index in [0.717, 1.165) is 5.56 Å². The van der Waals surface area contributed by atoms with Crippen molar-refractivity contribution in [1.29, 1.82) is 0 Å². The molecule has 0 fully saturated rings. The van der Waals surface area contributed by atoms with Crippen LogP contribution >= 0.6 is 11.6 Å². The van der Waals surface area contributed by atoms with Crippen LogP contribution in [-0.2, 0) is 11.3 Å². The number of carbonyl (C=O) groups excluding carboxylic acids is 2. The van der Waals surface area contributed by atoms with Crippen LogP contribution in [0.3, 0.4) is 0 Å². The summed E-state index contributed by atoms with van der Waals surface area (Å²) in [6, 6.07) is 17.6. The van der Waals surface area contributed by atoms with E-state index in [1.807, 2.05) is 12.1 Å². The summed E-state index contributed by atoms with van der Waals surface area (Å²) >= 11 is 5.99. The number of halogens is 1. The molecule has 0 radical (unpaired) electrons. The average molecular weight is 467 g/mol. The van der Waals surface area contributed by atoms with Gasteiger partial charge in [0.2, 0.25) is 0 Å². The highest BCUT2D eigenvalue weighted by Gasteiger charge is 2.32.